The molecule has 1 saturated carbocycles. The molecule has 7 nitrogen and oxygen atoms in total. The van der Waals surface area contributed by atoms with Crippen LogP contribution >= 0.6 is 0 Å². The number of aliphatic hydroxyl groups excluding tert-OH is 1. The van der Waals surface area contributed by atoms with E-state index in [4.69, 9.17) is 14.9 Å². The van der Waals surface area contributed by atoms with Crippen molar-refractivity contribution in [3.05, 3.63) is 0 Å². The van der Waals surface area contributed by atoms with Gasteiger partial charge in [-0.15, -0.1) is 0 Å². The molecule has 2 unspecified atom stereocenters. The molecule has 7 heteroatoms. The number of carboxylic acids is 1. The van der Waals surface area contributed by atoms with Crippen molar-refractivity contribution < 1.29 is 24.5 Å². The molecule has 18 heavy (non-hydrogen) atoms. The second-order valence-electron chi connectivity index (χ2n) is 4.39. The largest absolute Gasteiger partial charge is 0.480 e. The number of hydrogen-bond acceptors (Lipinski definition) is 4. The molecule has 0 saturated heterocycles. The zero-order valence-corrected chi connectivity index (χ0v) is 10.4. The molecule has 1 rings (SSSR count). The van der Waals surface area contributed by atoms with E-state index in [9.17, 15) is 9.59 Å². The standard InChI is InChI=1S/C11H20N2O5/c1-18-8-3-2-7(6-8)12-11(17)13-9(4-5-14)10(15)16/h7-9,14H,2-6H2,1H3,(H,15,16)(H2,12,13,17)/t7?,8?,9-/m0/s1. The number of urea groups is 1. The topological polar surface area (TPSA) is 108 Å². The maximum Gasteiger partial charge on any atom is 0.326 e. The van der Waals surface area contributed by atoms with Gasteiger partial charge in [0.15, 0.2) is 0 Å². The van der Waals surface area contributed by atoms with Crippen molar-refractivity contribution in [2.45, 2.75) is 43.9 Å². The second-order valence-corrected chi connectivity index (χ2v) is 4.39. The smallest absolute Gasteiger partial charge is 0.326 e. The van der Waals surface area contributed by atoms with Crippen LogP contribution in [0.3, 0.4) is 0 Å². The van der Waals surface area contributed by atoms with Crippen LogP contribution in [0.25, 0.3) is 0 Å². The average Bonchev–Trinajstić information content (AvgIpc) is 2.76. The van der Waals surface area contributed by atoms with Crippen LogP contribution in [0.1, 0.15) is 25.7 Å². The summed E-state index contributed by atoms with van der Waals surface area (Å²) >= 11 is 0. The van der Waals surface area contributed by atoms with E-state index in [-0.39, 0.29) is 25.2 Å². The monoisotopic (exact) mass is 260 g/mol. The van der Waals surface area contributed by atoms with Gasteiger partial charge in [0.2, 0.25) is 0 Å². The fourth-order valence-corrected chi connectivity index (χ4v) is 2.06. The minimum absolute atomic E-state index is 0.00584. The number of rotatable bonds is 6. The van der Waals surface area contributed by atoms with Crippen molar-refractivity contribution in [3.63, 3.8) is 0 Å². The summed E-state index contributed by atoms with van der Waals surface area (Å²) in [6.07, 6.45) is 2.60. The third kappa shape index (κ3) is 4.50. The first-order chi connectivity index (χ1) is 8.56. The highest BCUT2D eigenvalue weighted by Gasteiger charge is 2.27. The lowest BCUT2D eigenvalue weighted by Crippen LogP contribution is -2.48. The minimum atomic E-state index is -1.15. The van der Waals surface area contributed by atoms with Gasteiger partial charge in [-0.2, -0.15) is 0 Å². The van der Waals surface area contributed by atoms with Gasteiger partial charge in [-0.25, -0.2) is 9.59 Å². The number of aliphatic carboxylic acids is 1. The van der Waals surface area contributed by atoms with Gasteiger partial charge in [0.05, 0.1) is 6.10 Å². The number of carboxylic acid groups (broad SMARTS) is 1. The zero-order valence-electron chi connectivity index (χ0n) is 10.4. The summed E-state index contributed by atoms with van der Waals surface area (Å²) in [5, 5.41) is 22.6. The number of hydrogen-bond donors (Lipinski definition) is 4. The van der Waals surface area contributed by atoms with Crippen LogP contribution in [0.4, 0.5) is 4.79 Å². The molecule has 0 bridgehead atoms. The summed E-state index contributed by atoms with van der Waals surface area (Å²) in [6.45, 7) is -0.285. The number of aliphatic hydroxyl groups is 1. The lowest BCUT2D eigenvalue weighted by atomic mass is 10.2. The number of nitrogens with one attached hydrogen (secondary N) is 2. The minimum Gasteiger partial charge on any atom is -0.480 e. The molecule has 2 amide bonds. The SMILES string of the molecule is COC1CCC(NC(=O)N[C@@H](CCO)C(=O)O)C1. The van der Waals surface area contributed by atoms with Crippen LogP contribution in [-0.4, -0.2) is 54.1 Å². The Labute approximate surface area is 106 Å². The van der Waals surface area contributed by atoms with Crippen molar-refractivity contribution in [3.8, 4) is 0 Å². The first kappa shape index (κ1) is 14.7. The van der Waals surface area contributed by atoms with Gasteiger partial charge in [0, 0.05) is 26.2 Å². The van der Waals surface area contributed by atoms with Crippen LogP contribution in [-0.2, 0) is 9.53 Å². The molecule has 1 aliphatic rings. The average molecular weight is 260 g/mol. The highest BCUT2D eigenvalue weighted by atomic mass is 16.5. The summed E-state index contributed by atoms with van der Waals surface area (Å²) in [5.74, 6) is -1.15. The van der Waals surface area contributed by atoms with Gasteiger partial charge in [-0.3, -0.25) is 0 Å². The Morgan fingerprint density at radius 1 is 1.44 bits per heavy atom. The maximum absolute atomic E-state index is 11.6. The Morgan fingerprint density at radius 2 is 2.17 bits per heavy atom. The summed E-state index contributed by atoms with van der Waals surface area (Å²) in [5.41, 5.74) is 0. The number of ether oxygens (including phenoxy) is 1. The van der Waals surface area contributed by atoms with Crippen LogP contribution in [0.2, 0.25) is 0 Å². The van der Waals surface area contributed by atoms with E-state index < -0.39 is 18.0 Å². The molecule has 1 aliphatic carbocycles. The first-order valence-electron chi connectivity index (χ1n) is 6.00. The molecule has 104 valence electrons. The number of carbonyl (C=O) groups excluding carboxylic acids is 1. The van der Waals surface area contributed by atoms with Gasteiger partial charge in [-0.05, 0) is 19.3 Å². The van der Waals surface area contributed by atoms with E-state index in [1.54, 1.807) is 7.11 Å². The molecule has 1 fully saturated rings. The summed E-state index contributed by atoms with van der Waals surface area (Å²) in [7, 11) is 1.63. The van der Waals surface area contributed by atoms with Gasteiger partial charge in [0.1, 0.15) is 6.04 Å². The Kier molecular flexibility index (Phi) is 5.87. The number of amides is 2. The molecule has 0 radical (unpaired) electrons. The fraction of sp³-hybridized carbons (Fsp3) is 0.818. The van der Waals surface area contributed by atoms with E-state index in [0.29, 0.717) is 0 Å². The molecule has 3 atom stereocenters. The molecule has 0 heterocycles. The molecular weight excluding hydrogens is 240 g/mol. The molecule has 4 N–H and O–H groups in total. The van der Waals surface area contributed by atoms with E-state index in [2.05, 4.69) is 10.6 Å². The normalized spacial score (nSPS) is 24.6. The van der Waals surface area contributed by atoms with Crippen molar-refractivity contribution >= 4 is 12.0 Å². The lowest BCUT2D eigenvalue weighted by Gasteiger charge is -2.17. The third-order valence-electron chi connectivity index (χ3n) is 3.07. The van der Waals surface area contributed by atoms with E-state index in [0.717, 1.165) is 19.3 Å². The predicted octanol–water partition coefficient (Wildman–Crippen LogP) is -0.311. The Bertz CT molecular complexity index is 297. The Balaban J connectivity index is 2.34. The quantitative estimate of drug-likeness (QED) is 0.524. The molecule has 0 aromatic carbocycles. The van der Waals surface area contributed by atoms with Crippen molar-refractivity contribution in [1.29, 1.82) is 0 Å². The molecule has 0 aromatic rings. The van der Waals surface area contributed by atoms with Gasteiger partial charge in [0.25, 0.3) is 0 Å². The summed E-state index contributed by atoms with van der Waals surface area (Å²) < 4.78 is 5.18. The van der Waals surface area contributed by atoms with E-state index in [1.807, 2.05) is 0 Å². The predicted molar refractivity (Wildman–Crippen MR) is 63.2 cm³/mol. The van der Waals surface area contributed by atoms with Crippen LogP contribution in [0, 0.1) is 0 Å². The molecule has 0 aliphatic heterocycles. The molecule has 0 spiro atoms. The fourth-order valence-electron chi connectivity index (χ4n) is 2.06. The zero-order chi connectivity index (χ0) is 13.5. The number of carbonyl (C=O) groups is 2. The van der Waals surface area contributed by atoms with Crippen molar-refractivity contribution in [2.24, 2.45) is 0 Å². The molecular formula is C11H20N2O5. The second kappa shape index (κ2) is 7.17. The van der Waals surface area contributed by atoms with Gasteiger partial charge < -0.3 is 25.6 Å². The Morgan fingerprint density at radius 3 is 2.67 bits per heavy atom. The van der Waals surface area contributed by atoms with E-state index in [1.165, 1.54) is 0 Å². The lowest BCUT2D eigenvalue weighted by molar-refractivity contribution is -0.139. The first-order valence-corrected chi connectivity index (χ1v) is 6.00. The Hall–Kier alpha value is -1.34. The highest BCUT2D eigenvalue weighted by Crippen LogP contribution is 2.21. The summed E-state index contributed by atoms with van der Waals surface area (Å²) in [6, 6.07) is -1.56. The van der Waals surface area contributed by atoms with Crippen molar-refractivity contribution in [2.75, 3.05) is 13.7 Å². The third-order valence-corrected chi connectivity index (χ3v) is 3.07. The van der Waals surface area contributed by atoms with Crippen LogP contribution in [0.15, 0.2) is 0 Å². The maximum atomic E-state index is 11.6. The van der Waals surface area contributed by atoms with Crippen LogP contribution in [0.5, 0.6) is 0 Å². The van der Waals surface area contributed by atoms with Gasteiger partial charge in [-0.1, -0.05) is 0 Å². The van der Waals surface area contributed by atoms with E-state index >= 15 is 0 Å². The number of methoxy groups -OCH3 is 1. The molecule has 0 aromatic heterocycles. The van der Waals surface area contributed by atoms with Crippen LogP contribution < -0.4 is 10.6 Å². The van der Waals surface area contributed by atoms with Crippen molar-refractivity contribution in [1.82, 2.24) is 10.6 Å². The summed E-state index contributed by atoms with van der Waals surface area (Å²) in [4.78, 5) is 22.4. The van der Waals surface area contributed by atoms with Gasteiger partial charge >= 0.3 is 12.0 Å². The highest BCUT2D eigenvalue weighted by molar-refractivity contribution is 5.82.